The van der Waals surface area contributed by atoms with Gasteiger partial charge in [0.15, 0.2) is 5.25 Å². The highest BCUT2D eigenvalue weighted by Gasteiger charge is 2.25. The number of sulfonamides is 1. The topological polar surface area (TPSA) is 70.0 Å². The lowest BCUT2D eigenvalue weighted by Crippen LogP contribution is -2.34. The largest absolute Gasteiger partial charge is 0.228 e. The van der Waals surface area contributed by atoms with Crippen molar-refractivity contribution in [3.8, 4) is 6.07 Å². The van der Waals surface area contributed by atoms with Gasteiger partial charge in [-0.25, -0.2) is 13.1 Å². The van der Waals surface area contributed by atoms with Crippen molar-refractivity contribution in [1.29, 1.82) is 5.26 Å². The smallest absolute Gasteiger partial charge is 0.211 e. The molecule has 0 aliphatic heterocycles. The van der Waals surface area contributed by atoms with Crippen LogP contribution >= 0.6 is 15.9 Å². The molecule has 4 nitrogen and oxygen atoms in total. The normalized spacial score (nSPS) is 14.8. The predicted molar refractivity (Wildman–Crippen MR) is 74.3 cm³/mol. The molecular formula is C12H15BrN2O2S. The number of hydrogen-bond donors (Lipinski definition) is 1. The quantitative estimate of drug-likeness (QED) is 0.902. The molecule has 1 aromatic rings. The summed E-state index contributed by atoms with van der Waals surface area (Å²) in [6.45, 7) is 3.43. The fourth-order valence-electron chi connectivity index (χ4n) is 1.53. The molecule has 0 bridgehead atoms. The van der Waals surface area contributed by atoms with Gasteiger partial charge in [0.05, 0.1) is 6.07 Å². The molecule has 1 N–H and O–H groups in total. The monoisotopic (exact) mass is 330 g/mol. The number of benzene rings is 1. The lowest BCUT2D eigenvalue weighted by Gasteiger charge is -2.16. The number of nitrogens with zero attached hydrogens (tertiary/aromatic N) is 1. The molecule has 18 heavy (non-hydrogen) atoms. The molecule has 0 amide bonds. The molecule has 2 unspecified atom stereocenters. The third-order valence-electron chi connectivity index (χ3n) is 2.60. The average molecular weight is 331 g/mol. The molecule has 0 saturated carbocycles. The van der Waals surface area contributed by atoms with Gasteiger partial charge in [-0.2, -0.15) is 5.26 Å². The third kappa shape index (κ3) is 3.80. The summed E-state index contributed by atoms with van der Waals surface area (Å²) in [5.41, 5.74) is 0.856. The fourth-order valence-corrected chi connectivity index (χ4v) is 3.16. The van der Waals surface area contributed by atoms with E-state index in [1.54, 1.807) is 19.9 Å². The Balaban J connectivity index is 2.85. The van der Waals surface area contributed by atoms with E-state index in [-0.39, 0.29) is 12.5 Å². The molecule has 1 aromatic carbocycles. The Morgan fingerprint density at radius 1 is 1.39 bits per heavy atom. The minimum atomic E-state index is -3.60. The van der Waals surface area contributed by atoms with E-state index in [0.29, 0.717) is 0 Å². The Labute approximate surface area is 116 Å². The molecule has 0 saturated heterocycles. The van der Waals surface area contributed by atoms with E-state index < -0.39 is 15.3 Å². The maximum Gasteiger partial charge on any atom is 0.228 e. The first-order valence-corrected chi connectivity index (χ1v) is 7.91. The number of hydrogen-bond acceptors (Lipinski definition) is 3. The van der Waals surface area contributed by atoms with Crippen molar-refractivity contribution in [2.45, 2.75) is 31.6 Å². The van der Waals surface area contributed by atoms with Crippen LogP contribution in [-0.4, -0.2) is 13.7 Å². The number of nitrogens with one attached hydrogen (secondary N) is 1. The van der Waals surface area contributed by atoms with E-state index in [0.717, 1.165) is 10.0 Å². The van der Waals surface area contributed by atoms with Crippen molar-refractivity contribution < 1.29 is 8.42 Å². The lowest BCUT2D eigenvalue weighted by molar-refractivity contribution is 0.558. The van der Waals surface area contributed by atoms with Crippen LogP contribution in [0, 0.1) is 11.3 Å². The molecule has 0 heterocycles. The van der Waals surface area contributed by atoms with Crippen molar-refractivity contribution in [2.24, 2.45) is 0 Å². The first kappa shape index (κ1) is 15.2. The van der Waals surface area contributed by atoms with E-state index in [4.69, 9.17) is 5.26 Å². The molecular weight excluding hydrogens is 316 g/mol. The van der Waals surface area contributed by atoms with Gasteiger partial charge in [-0.3, -0.25) is 0 Å². The standard InChI is InChI=1S/C12H15BrN2O2S/c1-3-12(8-14)18(16,17)15-9(2)10-4-6-11(13)7-5-10/h4-7,9,12,15H,3H2,1-2H3. The van der Waals surface area contributed by atoms with Crippen LogP contribution in [0.2, 0.25) is 0 Å². The first-order chi connectivity index (χ1) is 8.40. The summed E-state index contributed by atoms with van der Waals surface area (Å²) in [5.74, 6) is 0. The Bertz CT molecular complexity index is 534. The van der Waals surface area contributed by atoms with Gasteiger partial charge in [-0.15, -0.1) is 0 Å². The number of halogens is 1. The SMILES string of the molecule is CCC(C#N)S(=O)(=O)NC(C)c1ccc(Br)cc1. The van der Waals surface area contributed by atoms with Crippen LogP contribution in [0.5, 0.6) is 0 Å². The summed E-state index contributed by atoms with van der Waals surface area (Å²) in [4.78, 5) is 0. The van der Waals surface area contributed by atoms with Gasteiger partial charge in [0.2, 0.25) is 10.0 Å². The predicted octanol–water partition coefficient (Wildman–Crippen LogP) is 2.73. The lowest BCUT2D eigenvalue weighted by atomic mass is 10.1. The van der Waals surface area contributed by atoms with Gasteiger partial charge in [0, 0.05) is 10.5 Å². The molecule has 0 aliphatic carbocycles. The summed E-state index contributed by atoms with van der Waals surface area (Å²) in [5, 5.41) is 7.80. The van der Waals surface area contributed by atoms with Crippen molar-refractivity contribution >= 4 is 26.0 Å². The van der Waals surface area contributed by atoms with Crippen LogP contribution in [0.4, 0.5) is 0 Å². The fraction of sp³-hybridized carbons (Fsp3) is 0.417. The van der Waals surface area contributed by atoms with Gasteiger partial charge in [0.25, 0.3) is 0 Å². The Morgan fingerprint density at radius 2 is 1.94 bits per heavy atom. The van der Waals surface area contributed by atoms with Crippen molar-refractivity contribution in [3.05, 3.63) is 34.3 Å². The molecule has 98 valence electrons. The molecule has 0 fully saturated rings. The van der Waals surface area contributed by atoms with Crippen LogP contribution in [0.25, 0.3) is 0 Å². The summed E-state index contributed by atoms with van der Waals surface area (Å²) in [7, 11) is -3.60. The second kappa shape index (κ2) is 6.32. The van der Waals surface area contributed by atoms with Gasteiger partial charge in [0.1, 0.15) is 0 Å². The minimum Gasteiger partial charge on any atom is -0.211 e. The first-order valence-electron chi connectivity index (χ1n) is 5.57. The highest BCUT2D eigenvalue weighted by molar-refractivity contribution is 9.10. The summed E-state index contributed by atoms with van der Waals surface area (Å²) < 4.78 is 27.3. The van der Waals surface area contributed by atoms with Gasteiger partial charge in [-0.1, -0.05) is 35.0 Å². The van der Waals surface area contributed by atoms with E-state index in [1.165, 1.54) is 0 Å². The van der Waals surface area contributed by atoms with E-state index in [2.05, 4.69) is 20.7 Å². The highest BCUT2D eigenvalue weighted by Crippen LogP contribution is 2.18. The van der Waals surface area contributed by atoms with E-state index >= 15 is 0 Å². The Morgan fingerprint density at radius 3 is 2.39 bits per heavy atom. The van der Waals surface area contributed by atoms with Gasteiger partial charge in [-0.05, 0) is 31.0 Å². The summed E-state index contributed by atoms with van der Waals surface area (Å²) in [6, 6.07) is 8.82. The van der Waals surface area contributed by atoms with Crippen molar-refractivity contribution in [1.82, 2.24) is 4.72 Å². The molecule has 0 aliphatic rings. The maximum absolute atomic E-state index is 11.9. The second-order valence-corrected chi connectivity index (χ2v) is 6.77. The molecule has 2 atom stereocenters. The van der Waals surface area contributed by atoms with Crippen LogP contribution in [0.15, 0.2) is 28.7 Å². The molecule has 0 aromatic heterocycles. The zero-order valence-corrected chi connectivity index (χ0v) is 12.6. The van der Waals surface area contributed by atoms with Crippen LogP contribution in [0.1, 0.15) is 31.9 Å². The van der Waals surface area contributed by atoms with Crippen LogP contribution in [0.3, 0.4) is 0 Å². The van der Waals surface area contributed by atoms with E-state index in [1.807, 2.05) is 24.3 Å². The van der Waals surface area contributed by atoms with Gasteiger partial charge >= 0.3 is 0 Å². The van der Waals surface area contributed by atoms with Crippen LogP contribution < -0.4 is 4.72 Å². The Kier molecular flexibility index (Phi) is 5.32. The zero-order valence-electron chi connectivity index (χ0n) is 10.2. The maximum atomic E-state index is 11.9. The Hall–Kier alpha value is -0.900. The third-order valence-corrected chi connectivity index (χ3v) is 5.00. The van der Waals surface area contributed by atoms with E-state index in [9.17, 15) is 8.42 Å². The molecule has 6 heteroatoms. The summed E-state index contributed by atoms with van der Waals surface area (Å²) >= 11 is 3.32. The second-order valence-electron chi connectivity index (χ2n) is 3.96. The van der Waals surface area contributed by atoms with Crippen molar-refractivity contribution in [3.63, 3.8) is 0 Å². The molecule has 0 spiro atoms. The number of rotatable bonds is 5. The van der Waals surface area contributed by atoms with Gasteiger partial charge < -0.3 is 0 Å². The van der Waals surface area contributed by atoms with Crippen molar-refractivity contribution in [2.75, 3.05) is 0 Å². The zero-order chi connectivity index (χ0) is 13.8. The molecule has 0 radical (unpaired) electrons. The van der Waals surface area contributed by atoms with Crippen LogP contribution in [-0.2, 0) is 10.0 Å². The highest BCUT2D eigenvalue weighted by atomic mass is 79.9. The average Bonchev–Trinajstić information content (AvgIpc) is 2.30. The molecule has 1 rings (SSSR count). The minimum absolute atomic E-state index is 0.277. The number of nitriles is 1. The summed E-state index contributed by atoms with van der Waals surface area (Å²) in [6.07, 6.45) is 0.277.